The summed E-state index contributed by atoms with van der Waals surface area (Å²) in [7, 11) is 0. The van der Waals surface area contributed by atoms with Crippen LogP contribution in [0.1, 0.15) is 32.3 Å². The molecular weight excluding hydrogens is 254 g/mol. The molecule has 1 saturated carbocycles. The Bertz CT molecular complexity index is 654. The molecule has 2 aliphatic rings. The van der Waals surface area contributed by atoms with Crippen molar-refractivity contribution in [1.29, 1.82) is 5.26 Å². The predicted molar refractivity (Wildman–Crippen MR) is 74.1 cm³/mol. The third-order valence-electron chi connectivity index (χ3n) is 3.87. The van der Waals surface area contributed by atoms with Gasteiger partial charge in [0.05, 0.1) is 23.0 Å². The monoisotopic (exact) mass is 269 g/mol. The fraction of sp³-hybridized carbons (Fsp3) is 0.400. The van der Waals surface area contributed by atoms with Crippen molar-refractivity contribution >= 4 is 23.2 Å². The van der Waals surface area contributed by atoms with E-state index < -0.39 is 5.41 Å². The molecule has 1 heterocycles. The molecule has 1 aromatic carbocycles. The summed E-state index contributed by atoms with van der Waals surface area (Å²) >= 11 is 0. The van der Waals surface area contributed by atoms with E-state index in [0.29, 0.717) is 16.9 Å². The van der Waals surface area contributed by atoms with Crippen LogP contribution >= 0.6 is 0 Å². The first-order valence-electron chi connectivity index (χ1n) is 6.64. The lowest BCUT2D eigenvalue weighted by atomic mass is 9.90. The smallest absolute Gasteiger partial charge is 0.242 e. The summed E-state index contributed by atoms with van der Waals surface area (Å²) in [5, 5.41) is 11.8. The van der Waals surface area contributed by atoms with E-state index in [1.54, 1.807) is 36.9 Å². The minimum absolute atomic E-state index is 0.141. The molecule has 2 amide bonds. The van der Waals surface area contributed by atoms with E-state index >= 15 is 0 Å². The van der Waals surface area contributed by atoms with Crippen molar-refractivity contribution in [2.75, 3.05) is 10.2 Å². The first-order chi connectivity index (χ1) is 9.45. The van der Waals surface area contributed by atoms with Crippen LogP contribution in [-0.2, 0) is 9.59 Å². The van der Waals surface area contributed by atoms with Gasteiger partial charge in [0, 0.05) is 6.04 Å². The molecule has 5 nitrogen and oxygen atoms in total. The van der Waals surface area contributed by atoms with Gasteiger partial charge in [-0.2, -0.15) is 5.26 Å². The molecule has 1 fully saturated rings. The van der Waals surface area contributed by atoms with E-state index in [-0.39, 0.29) is 17.9 Å². The maximum Gasteiger partial charge on any atom is 0.242 e. The molecule has 0 saturated heterocycles. The van der Waals surface area contributed by atoms with Crippen molar-refractivity contribution in [2.45, 2.75) is 32.7 Å². The third-order valence-corrected chi connectivity index (χ3v) is 3.87. The maximum atomic E-state index is 12.7. The van der Waals surface area contributed by atoms with Crippen LogP contribution in [0.3, 0.4) is 0 Å². The van der Waals surface area contributed by atoms with Crippen LogP contribution in [0.25, 0.3) is 0 Å². The van der Waals surface area contributed by atoms with Crippen molar-refractivity contribution in [3.8, 4) is 6.07 Å². The van der Waals surface area contributed by atoms with Crippen molar-refractivity contribution in [3.63, 3.8) is 0 Å². The highest BCUT2D eigenvalue weighted by Crippen LogP contribution is 2.42. The Kier molecular flexibility index (Phi) is 2.58. The number of carbonyl (C=O) groups is 2. The second-order valence-electron chi connectivity index (χ2n) is 5.83. The van der Waals surface area contributed by atoms with Crippen LogP contribution in [-0.4, -0.2) is 17.9 Å². The van der Waals surface area contributed by atoms with Gasteiger partial charge in [-0.25, -0.2) is 0 Å². The fourth-order valence-corrected chi connectivity index (χ4v) is 2.39. The van der Waals surface area contributed by atoms with Gasteiger partial charge in [0.2, 0.25) is 11.8 Å². The van der Waals surface area contributed by atoms with Crippen LogP contribution in [0.4, 0.5) is 11.4 Å². The quantitative estimate of drug-likeness (QED) is 0.793. The predicted octanol–water partition coefficient (Wildman–Crippen LogP) is 2.03. The number of carbonyl (C=O) groups excluding carboxylic acids is 2. The van der Waals surface area contributed by atoms with Gasteiger partial charge in [0.15, 0.2) is 0 Å². The molecule has 20 heavy (non-hydrogen) atoms. The topological polar surface area (TPSA) is 73.2 Å². The molecular formula is C15H15N3O2. The highest BCUT2D eigenvalue weighted by Gasteiger charge is 2.47. The van der Waals surface area contributed by atoms with Crippen molar-refractivity contribution in [1.82, 2.24) is 0 Å². The normalized spacial score (nSPS) is 20.8. The van der Waals surface area contributed by atoms with Crippen LogP contribution in [0.5, 0.6) is 0 Å². The number of nitrogens with one attached hydrogen (secondary N) is 1. The van der Waals surface area contributed by atoms with E-state index in [4.69, 9.17) is 5.26 Å². The van der Waals surface area contributed by atoms with E-state index in [1.807, 2.05) is 0 Å². The molecule has 1 N–H and O–H groups in total. The molecule has 0 aromatic heterocycles. The lowest BCUT2D eigenvalue weighted by Gasteiger charge is -2.27. The average molecular weight is 269 g/mol. The molecule has 1 aliphatic heterocycles. The number of benzene rings is 1. The molecule has 1 aromatic rings. The fourth-order valence-electron chi connectivity index (χ4n) is 2.39. The van der Waals surface area contributed by atoms with Crippen LogP contribution in [0.2, 0.25) is 0 Å². The highest BCUT2D eigenvalue weighted by molar-refractivity contribution is 6.19. The summed E-state index contributed by atoms with van der Waals surface area (Å²) in [4.78, 5) is 26.6. The van der Waals surface area contributed by atoms with E-state index in [0.717, 1.165) is 12.8 Å². The van der Waals surface area contributed by atoms with E-state index in [2.05, 4.69) is 11.4 Å². The van der Waals surface area contributed by atoms with Crippen molar-refractivity contribution in [3.05, 3.63) is 23.8 Å². The molecule has 5 heteroatoms. The zero-order valence-corrected chi connectivity index (χ0v) is 11.4. The largest absolute Gasteiger partial charge is 0.323 e. The Balaban J connectivity index is 2.19. The highest BCUT2D eigenvalue weighted by atomic mass is 16.2. The standard InChI is InChI=1S/C15H15N3O2/c1-15(2)13(19)17-11-6-3-9(8-16)7-12(11)18(14(15)20)10-4-5-10/h3,6-7,10H,4-5H2,1-2H3,(H,17,19). The first kappa shape index (κ1) is 12.7. The average Bonchev–Trinajstić information content (AvgIpc) is 3.24. The summed E-state index contributed by atoms with van der Waals surface area (Å²) in [6, 6.07) is 7.22. The molecule has 102 valence electrons. The second kappa shape index (κ2) is 4.07. The van der Waals surface area contributed by atoms with E-state index in [1.165, 1.54) is 0 Å². The zero-order valence-electron chi connectivity index (χ0n) is 11.4. The summed E-state index contributed by atoms with van der Waals surface area (Å²) in [5.74, 6) is -0.511. The summed E-state index contributed by atoms with van der Waals surface area (Å²) in [6.45, 7) is 3.27. The Morgan fingerprint density at radius 2 is 2.05 bits per heavy atom. The number of rotatable bonds is 1. The molecule has 0 atom stereocenters. The van der Waals surface area contributed by atoms with Gasteiger partial charge in [0.1, 0.15) is 5.41 Å². The Labute approximate surface area is 117 Å². The summed E-state index contributed by atoms with van der Waals surface area (Å²) in [5.41, 5.74) is 0.612. The third kappa shape index (κ3) is 1.76. The molecule has 1 aliphatic carbocycles. The van der Waals surface area contributed by atoms with Gasteiger partial charge in [0.25, 0.3) is 0 Å². The molecule has 0 spiro atoms. The van der Waals surface area contributed by atoms with E-state index in [9.17, 15) is 9.59 Å². The molecule has 0 unspecified atom stereocenters. The number of fused-ring (bicyclic) bond motifs is 1. The SMILES string of the molecule is CC1(C)C(=O)Nc2ccc(C#N)cc2N(C2CC2)C1=O. The van der Waals surface area contributed by atoms with Crippen molar-refractivity contribution in [2.24, 2.45) is 5.41 Å². The van der Waals surface area contributed by atoms with Gasteiger partial charge < -0.3 is 10.2 Å². The number of hydrogen-bond acceptors (Lipinski definition) is 3. The van der Waals surface area contributed by atoms with Crippen LogP contribution in [0, 0.1) is 16.7 Å². The lowest BCUT2D eigenvalue weighted by Crippen LogP contribution is -2.46. The molecule has 0 radical (unpaired) electrons. The summed E-state index contributed by atoms with van der Waals surface area (Å²) in [6.07, 6.45) is 1.87. The Morgan fingerprint density at radius 3 is 2.65 bits per heavy atom. The van der Waals surface area contributed by atoms with Gasteiger partial charge in [-0.1, -0.05) is 0 Å². The number of nitrogens with zero attached hydrogens (tertiary/aromatic N) is 2. The minimum Gasteiger partial charge on any atom is -0.323 e. The minimum atomic E-state index is -1.10. The zero-order chi connectivity index (χ0) is 14.5. The Morgan fingerprint density at radius 1 is 1.35 bits per heavy atom. The van der Waals surface area contributed by atoms with Gasteiger partial charge in [-0.05, 0) is 44.9 Å². The number of hydrogen-bond donors (Lipinski definition) is 1. The first-order valence-corrected chi connectivity index (χ1v) is 6.64. The lowest BCUT2D eigenvalue weighted by molar-refractivity contribution is -0.136. The maximum absolute atomic E-state index is 12.7. The number of anilines is 2. The van der Waals surface area contributed by atoms with Gasteiger partial charge >= 0.3 is 0 Å². The van der Waals surface area contributed by atoms with Crippen molar-refractivity contribution < 1.29 is 9.59 Å². The van der Waals surface area contributed by atoms with Gasteiger partial charge in [-0.15, -0.1) is 0 Å². The second-order valence-corrected chi connectivity index (χ2v) is 5.83. The molecule has 3 rings (SSSR count). The van der Waals surface area contributed by atoms with Gasteiger partial charge in [-0.3, -0.25) is 9.59 Å². The summed E-state index contributed by atoms with van der Waals surface area (Å²) < 4.78 is 0. The number of amides is 2. The van der Waals surface area contributed by atoms with Crippen LogP contribution < -0.4 is 10.2 Å². The number of nitriles is 1. The van der Waals surface area contributed by atoms with Crippen LogP contribution in [0.15, 0.2) is 18.2 Å². The Hall–Kier alpha value is -2.35. The molecule has 0 bridgehead atoms.